The van der Waals surface area contributed by atoms with Gasteiger partial charge in [-0.2, -0.15) is 0 Å². The molecule has 0 N–H and O–H groups in total. The van der Waals surface area contributed by atoms with Gasteiger partial charge in [0.2, 0.25) is 0 Å². The van der Waals surface area contributed by atoms with Crippen molar-refractivity contribution in [3.63, 3.8) is 0 Å². The Morgan fingerprint density at radius 2 is 1.92 bits per heavy atom. The first-order chi connectivity index (χ1) is 6.24. The molecule has 80 valence electrons. The number of likely N-dealkylation sites (N-methyl/N-ethyl adjacent to an activating group) is 2. The Morgan fingerprint density at radius 1 is 1.38 bits per heavy atom. The van der Waals surface area contributed by atoms with E-state index in [0.717, 1.165) is 19.2 Å². The summed E-state index contributed by atoms with van der Waals surface area (Å²) in [6.45, 7) is 8.31. The maximum Gasteiger partial charge on any atom is 0.0589 e. The molecule has 1 heterocycles. The first-order valence-corrected chi connectivity index (χ1v) is 5.11. The molecule has 0 radical (unpaired) electrons. The number of ether oxygens (including phenoxy) is 1. The van der Waals surface area contributed by atoms with Gasteiger partial charge in [0.15, 0.2) is 0 Å². The molecule has 1 saturated heterocycles. The summed E-state index contributed by atoms with van der Waals surface area (Å²) in [6.07, 6.45) is 0. The number of methoxy groups -OCH3 is 1. The van der Waals surface area contributed by atoms with Crippen molar-refractivity contribution in [2.45, 2.75) is 19.9 Å². The van der Waals surface area contributed by atoms with Crippen molar-refractivity contribution in [3.05, 3.63) is 0 Å². The van der Waals surface area contributed by atoms with Crippen LogP contribution >= 0.6 is 0 Å². The van der Waals surface area contributed by atoms with Crippen LogP contribution in [0, 0.1) is 0 Å². The minimum absolute atomic E-state index is 0.759. The van der Waals surface area contributed by atoms with Crippen LogP contribution in [0.1, 0.15) is 13.8 Å². The van der Waals surface area contributed by atoms with E-state index in [-0.39, 0.29) is 0 Å². The summed E-state index contributed by atoms with van der Waals surface area (Å²) >= 11 is 0. The molecule has 1 rings (SSSR count). The van der Waals surface area contributed by atoms with Gasteiger partial charge in [-0.25, -0.2) is 0 Å². The van der Waals surface area contributed by atoms with Gasteiger partial charge in [0.05, 0.1) is 6.61 Å². The molecule has 0 aromatic heterocycles. The Bertz CT molecular complexity index is 113. The molecule has 0 aromatic carbocycles. The van der Waals surface area contributed by atoms with E-state index in [9.17, 15) is 0 Å². The largest absolute Gasteiger partial charge is 0.383 e. The van der Waals surface area contributed by atoms with Crippen LogP contribution in [0.2, 0.25) is 0 Å². The lowest BCUT2D eigenvalue weighted by Crippen LogP contribution is -2.57. The number of likely N-dealkylation sites (tertiary alicyclic amines) is 1. The standard InChI is InChI=1S/C8H18N2O.C2H6/c1-9-6-8(7-9)10(2)4-5-11-3;1-2/h8H,4-7H2,1-3H3;1-2H3. The minimum Gasteiger partial charge on any atom is -0.383 e. The molecule has 1 fully saturated rings. The Kier molecular flexibility index (Phi) is 7.23. The van der Waals surface area contributed by atoms with Crippen molar-refractivity contribution in [1.82, 2.24) is 9.80 Å². The smallest absolute Gasteiger partial charge is 0.0589 e. The van der Waals surface area contributed by atoms with E-state index in [0.29, 0.717) is 0 Å². The summed E-state index contributed by atoms with van der Waals surface area (Å²) < 4.78 is 5.00. The molecule has 0 amide bonds. The van der Waals surface area contributed by atoms with Crippen molar-refractivity contribution < 1.29 is 4.74 Å². The molecule has 3 heteroatoms. The predicted molar refractivity (Wildman–Crippen MR) is 57.1 cm³/mol. The molecule has 1 aliphatic heterocycles. The van der Waals surface area contributed by atoms with Crippen LogP contribution in [0.3, 0.4) is 0 Å². The third kappa shape index (κ3) is 4.60. The fraction of sp³-hybridized carbons (Fsp3) is 1.00. The van der Waals surface area contributed by atoms with E-state index in [1.807, 2.05) is 13.8 Å². The van der Waals surface area contributed by atoms with Gasteiger partial charge in [-0.3, -0.25) is 4.90 Å². The number of hydrogen-bond acceptors (Lipinski definition) is 3. The van der Waals surface area contributed by atoms with Crippen LogP contribution in [-0.2, 0) is 4.74 Å². The lowest BCUT2D eigenvalue weighted by Gasteiger charge is -2.41. The fourth-order valence-corrected chi connectivity index (χ4v) is 1.36. The van der Waals surface area contributed by atoms with Gasteiger partial charge in [-0.15, -0.1) is 0 Å². The van der Waals surface area contributed by atoms with Crippen molar-refractivity contribution >= 4 is 0 Å². The Morgan fingerprint density at radius 3 is 2.31 bits per heavy atom. The van der Waals surface area contributed by atoms with Gasteiger partial charge in [-0.05, 0) is 14.1 Å². The molecule has 3 nitrogen and oxygen atoms in total. The molecule has 0 bridgehead atoms. The highest BCUT2D eigenvalue weighted by molar-refractivity contribution is 4.84. The average molecular weight is 188 g/mol. The molecule has 0 unspecified atom stereocenters. The number of hydrogen-bond donors (Lipinski definition) is 0. The quantitative estimate of drug-likeness (QED) is 0.652. The predicted octanol–water partition coefficient (Wildman–Crippen LogP) is 0.905. The molecule has 13 heavy (non-hydrogen) atoms. The van der Waals surface area contributed by atoms with Crippen molar-refractivity contribution in [2.75, 3.05) is 47.4 Å². The van der Waals surface area contributed by atoms with E-state index >= 15 is 0 Å². The fourth-order valence-electron chi connectivity index (χ4n) is 1.36. The first-order valence-electron chi connectivity index (χ1n) is 5.11. The summed E-state index contributed by atoms with van der Waals surface area (Å²) in [7, 11) is 6.07. The third-order valence-electron chi connectivity index (χ3n) is 2.32. The monoisotopic (exact) mass is 188 g/mol. The van der Waals surface area contributed by atoms with Gasteiger partial charge < -0.3 is 9.64 Å². The van der Waals surface area contributed by atoms with Crippen LogP contribution in [0.15, 0.2) is 0 Å². The summed E-state index contributed by atoms with van der Waals surface area (Å²) in [5.74, 6) is 0. The summed E-state index contributed by atoms with van der Waals surface area (Å²) in [4.78, 5) is 4.69. The van der Waals surface area contributed by atoms with Gasteiger partial charge in [0.25, 0.3) is 0 Å². The summed E-state index contributed by atoms with van der Waals surface area (Å²) in [5.41, 5.74) is 0. The van der Waals surface area contributed by atoms with E-state index < -0.39 is 0 Å². The van der Waals surface area contributed by atoms with Crippen LogP contribution < -0.4 is 0 Å². The lowest BCUT2D eigenvalue weighted by molar-refractivity contribution is 0.0518. The SMILES string of the molecule is CC.COCCN(C)C1CN(C)C1. The highest BCUT2D eigenvalue weighted by Crippen LogP contribution is 2.09. The van der Waals surface area contributed by atoms with E-state index in [4.69, 9.17) is 4.74 Å². The third-order valence-corrected chi connectivity index (χ3v) is 2.32. The van der Waals surface area contributed by atoms with E-state index in [1.54, 1.807) is 7.11 Å². The second-order valence-electron chi connectivity index (χ2n) is 3.35. The van der Waals surface area contributed by atoms with Crippen LogP contribution in [0.25, 0.3) is 0 Å². The van der Waals surface area contributed by atoms with Crippen molar-refractivity contribution in [2.24, 2.45) is 0 Å². The van der Waals surface area contributed by atoms with E-state index in [2.05, 4.69) is 23.9 Å². The molecule has 0 aromatic rings. The van der Waals surface area contributed by atoms with Crippen LogP contribution in [-0.4, -0.2) is 63.3 Å². The highest BCUT2D eigenvalue weighted by Gasteiger charge is 2.26. The Labute approximate surface area is 82.7 Å². The minimum atomic E-state index is 0.759. The zero-order valence-corrected chi connectivity index (χ0v) is 9.71. The summed E-state index contributed by atoms with van der Waals surface area (Å²) in [6, 6.07) is 0.759. The van der Waals surface area contributed by atoms with Gasteiger partial charge in [-0.1, -0.05) is 13.8 Å². The second-order valence-corrected chi connectivity index (χ2v) is 3.35. The lowest BCUT2D eigenvalue weighted by atomic mass is 10.1. The zero-order chi connectivity index (χ0) is 10.3. The second kappa shape index (κ2) is 7.30. The Hall–Kier alpha value is -0.120. The van der Waals surface area contributed by atoms with Crippen LogP contribution in [0.4, 0.5) is 0 Å². The van der Waals surface area contributed by atoms with Crippen molar-refractivity contribution in [1.29, 1.82) is 0 Å². The number of rotatable bonds is 4. The molecule has 1 aliphatic rings. The van der Waals surface area contributed by atoms with Gasteiger partial charge in [0.1, 0.15) is 0 Å². The van der Waals surface area contributed by atoms with Gasteiger partial charge >= 0.3 is 0 Å². The van der Waals surface area contributed by atoms with E-state index in [1.165, 1.54) is 13.1 Å². The molecular weight excluding hydrogens is 164 g/mol. The molecular formula is C10H24N2O. The topological polar surface area (TPSA) is 15.7 Å². The molecule has 0 spiro atoms. The molecule has 0 saturated carbocycles. The zero-order valence-electron chi connectivity index (χ0n) is 9.71. The summed E-state index contributed by atoms with van der Waals surface area (Å²) in [5, 5.41) is 0. The maximum absolute atomic E-state index is 5.00. The van der Waals surface area contributed by atoms with Crippen molar-refractivity contribution in [3.8, 4) is 0 Å². The van der Waals surface area contributed by atoms with Crippen LogP contribution in [0.5, 0.6) is 0 Å². The number of nitrogens with zero attached hydrogens (tertiary/aromatic N) is 2. The molecule has 0 atom stereocenters. The van der Waals surface area contributed by atoms with Gasteiger partial charge in [0, 0.05) is 32.8 Å². The Balaban J connectivity index is 0.000000671. The normalized spacial score (nSPS) is 18.0. The maximum atomic E-state index is 5.00. The molecule has 0 aliphatic carbocycles. The first kappa shape index (κ1) is 12.9. The average Bonchev–Trinajstić information content (AvgIpc) is 2.12. The highest BCUT2D eigenvalue weighted by atomic mass is 16.5.